The first kappa shape index (κ1) is 14.6. The van der Waals surface area contributed by atoms with Crippen molar-refractivity contribution in [1.82, 2.24) is 15.3 Å². The van der Waals surface area contributed by atoms with Crippen LogP contribution < -0.4 is 10.6 Å². The monoisotopic (exact) mass is 250 g/mol. The van der Waals surface area contributed by atoms with Crippen LogP contribution in [0.3, 0.4) is 0 Å². The summed E-state index contributed by atoms with van der Waals surface area (Å²) in [7, 11) is 1.79. The van der Waals surface area contributed by atoms with E-state index in [0.29, 0.717) is 17.6 Å². The molecule has 0 radical (unpaired) electrons. The quantitative estimate of drug-likeness (QED) is 0.834. The van der Waals surface area contributed by atoms with E-state index in [1.807, 2.05) is 13.8 Å². The number of likely N-dealkylation sites (N-methyl/N-ethyl adjacent to an activating group) is 1. The third kappa shape index (κ3) is 4.41. The second-order valence-corrected chi connectivity index (χ2v) is 4.90. The largest absolute Gasteiger partial charge is 0.309 e. The molecule has 0 saturated heterocycles. The van der Waals surface area contributed by atoms with Crippen molar-refractivity contribution < 1.29 is 4.79 Å². The van der Waals surface area contributed by atoms with E-state index in [1.165, 1.54) is 0 Å². The molecule has 0 aliphatic carbocycles. The number of hydrogen-bond acceptors (Lipinski definition) is 4. The van der Waals surface area contributed by atoms with Crippen molar-refractivity contribution in [1.29, 1.82) is 0 Å². The SMILES string of the molecule is CNC(CC(C)C)C(=O)Nc1cc(C)nc(C)n1. The zero-order chi connectivity index (χ0) is 13.7. The molecule has 1 atom stereocenters. The maximum atomic E-state index is 12.1. The maximum absolute atomic E-state index is 12.1. The molecule has 0 saturated carbocycles. The Morgan fingerprint density at radius 3 is 2.50 bits per heavy atom. The number of rotatable bonds is 5. The summed E-state index contributed by atoms with van der Waals surface area (Å²) >= 11 is 0. The van der Waals surface area contributed by atoms with Gasteiger partial charge in [0, 0.05) is 11.8 Å². The van der Waals surface area contributed by atoms with Gasteiger partial charge in [0.1, 0.15) is 11.6 Å². The standard InChI is InChI=1S/C13H22N4O/c1-8(2)6-11(14-5)13(18)17-12-7-9(3)15-10(4)16-12/h7-8,11,14H,6H2,1-5H3,(H,15,16,17,18). The Morgan fingerprint density at radius 2 is 2.00 bits per heavy atom. The summed E-state index contributed by atoms with van der Waals surface area (Å²) in [5, 5.41) is 5.85. The number of carbonyl (C=O) groups is 1. The number of aromatic nitrogens is 2. The third-order valence-electron chi connectivity index (χ3n) is 2.59. The minimum Gasteiger partial charge on any atom is -0.309 e. The highest BCUT2D eigenvalue weighted by atomic mass is 16.2. The summed E-state index contributed by atoms with van der Waals surface area (Å²) in [5.74, 6) is 1.63. The Labute approximate surface area is 108 Å². The van der Waals surface area contributed by atoms with Gasteiger partial charge in [-0.25, -0.2) is 9.97 Å². The van der Waals surface area contributed by atoms with Gasteiger partial charge < -0.3 is 10.6 Å². The average Bonchev–Trinajstić information content (AvgIpc) is 2.23. The molecule has 0 aromatic carbocycles. The fourth-order valence-electron chi connectivity index (χ4n) is 1.82. The Balaban J connectivity index is 2.73. The second kappa shape index (κ2) is 6.44. The van der Waals surface area contributed by atoms with Gasteiger partial charge in [-0.1, -0.05) is 13.8 Å². The molecule has 18 heavy (non-hydrogen) atoms. The van der Waals surface area contributed by atoms with Gasteiger partial charge in [-0.05, 0) is 33.2 Å². The molecule has 0 spiro atoms. The van der Waals surface area contributed by atoms with Crippen LogP contribution in [0.5, 0.6) is 0 Å². The molecular weight excluding hydrogens is 228 g/mol. The van der Waals surface area contributed by atoms with E-state index < -0.39 is 0 Å². The number of nitrogens with one attached hydrogen (secondary N) is 2. The Morgan fingerprint density at radius 1 is 1.33 bits per heavy atom. The van der Waals surface area contributed by atoms with Crippen LogP contribution in [0.1, 0.15) is 31.8 Å². The fraction of sp³-hybridized carbons (Fsp3) is 0.615. The summed E-state index contributed by atoms with van der Waals surface area (Å²) in [6.45, 7) is 7.88. The lowest BCUT2D eigenvalue weighted by atomic mass is 10.0. The highest BCUT2D eigenvalue weighted by molar-refractivity contribution is 5.94. The van der Waals surface area contributed by atoms with Crippen LogP contribution >= 0.6 is 0 Å². The highest BCUT2D eigenvalue weighted by Gasteiger charge is 2.18. The van der Waals surface area contributed by atoms with Gasteiger partial charge in [0.15, 0.2) is 0 Å². The lowest BCUT2D eigenvalue weighted by Crippen LogP contribution is -2.39. The van der Waals surface area contributed by atoms with E-state index in [9.17, 15) is 4.79 Å². The molecule has 0 aliphatic heterocycles. The van der Waals surface area contributed by atoms with E-state index >= 15 is 0 Å². The van der Waals surface area contributed by atoms with E-state index in [0.717, 1.165) is 12.1 Å². The van der Waals surface area contributed by atoms with Crippen LogP contribution in [-0.2, 0) is 4.79 Å². The molecule has 0 fully saturated rings. The van der Waals surface area contributed by atoms with Crippen molar-refractivity contribution in [2.24, 2.45) is 5.92 Å². The van der Waals surface area contributed by atoms with Gasteiger partial charge in [-0.2, -0.15) is 0 Å². The van der Waals surface area contributed by atoms with Gasteiger partial charge in [0.2, 0.25) is 5.91 Å². The van der Waals surface area contributed by atoms with Crippen molar-refractivity contribution >= 4 is 11.7 Å². The summed E-state index contributed by atoms with van der Waals surface area (Å²) in [6, 6.07) is 1.58. The molecular formula is C13H22N4O. The molecule has 1 unspecified atom stereocenters. The van der Waals surface area contributed by atoms with Crippen LogP contribution in [0.15, 0.2) is 6.07 Å². The summed E-state index contributed by atoms with van der Waals surface area (Å²) in [4.78, 5) is 20.4. The molecule has 5 heteroatoms. The number of carbonyl (C=O) groups excluding carboxylic acids is 1. The van der Waals surface area contributed by atoms with E-state index in [1.54, 1.807) is 13.1 Å². The lowest BCUT2D eigenvalue weighted by molar-refractivity contribution is -0.118. The summed E-state index contributed by atoms with van der Waals surface area (Å²) in [6.07, 6.45) is 0.797. The Hall–Kier alpha value is -1.49. The minimum absolute atomic E-state index is 0.0521. The molecule has 0 aliphatic rings. The molecule has 5 nitrogen and oxygen atoms in total. The van der Waals surface area contributed by atoms with E-state index in [2.05, 4.69) is 34.4 Å². The van der Waals surface area contributed by atoms with Crippen LogP contribution in [0.4, 0.5) is 5.82 Å². The number of hydrogen-bond donors (Lipinski definition) is 2. The van der Waals surface area contributed by atoms with E-state index in [-0.39, 0.29) is 11.9 Å². The molecule has 1 heterocycles. The number of amides is 1. The number of nitrogens with zero attached hydrogens (tertiary/aromatic N) is 2. The highest BCUT2D eigenvalue weighted by Crippen LogP contribution is 2.09. The van der Waals surface area contributed by atoms with Gasteiger partial charge in [0.05, 0.1) is 6.04 Å². The molecule has 2 N–H and O–H groups in total. The van der Waals surface area contributed by atoms with Crippen LogP contribution in [0.2, 0.25) is 0 Å². The number of anilines is 1. The minimum atomic E-state index is -0.194. The first-order valence-corrected chi connectivity index (χ1v) is 6.22. The van der Waals surface area contributed by atoms with Crippen molar-refractivity contribution in [3.63, 3.8) is 0 Å². The van der Waals surface area contributed by atoms with Gasteiger partial charge in [0.25, 0.3) is 0 Å². The zero-order valence-corrected chi connectivity index (χ0v) is 11.7. The molecule has 100 valence electrons. The van der Waals surface area contributed by atoms with Crippen molar-refractivity contribution in [3.8, 4) is 0 Å². The maximum Gasteiger partial charge on any atom is 0.242 e. The van der Waals surface area contributed by atoms with Crippen LogP contribution in [-0.4, -0.2) is 29.0 Å². The molecule has 1 amide bonds. The first-order chi connectivity index (χ1) is 8.42. The zero-order valence-electron chi connectivity index (χ0n) is 11.7. The summed E-state index contributed by atoms with van der Waals surface area (Å²) < 4.78 is 0. The fourth-order valence-corrected chi connectivity index (χ4v) is 1.82. The van der Waals surface area contributed by atoms with Gasteiger partial charge in [-0.3, -0.25) is 4.79 Å². The molecule has 1 rings (SSSR count). The van der Waals surface area contributed by atoms with Crippen molar-refractivity contribution in [3.05, 3.63) is 17.6 Å². The Bertz CT molecular complexity index is 397. The first-order valence-electron chi connectivity index (χ1n) is 6.22. The van der Waals surface area contributed by atoms with Gasteiger partial charge in [-0.15, -0.1) is 0 Å². The predicted octanol–water partition coefficient (Wildman–Crippen LogP) is 1.67. The van der Waals surface area contributed by atoms with E-state index in [4.69, 9.17) is 0 Å². The molecule has 1 aromatic heterocycles. The topological polar surface area (TPSA) is 66.9 Å². The average molecular weight is 250 g/mol. The van der Waals surface area contributed by atoms with Gasteiger partial charge >= 0.3 is 0 Å². The molecule has 1 aromatic rings. The predicted molar refractivity (Wildman–Crippen MR) is 72.4 cm³/mol. The number of aryl methyl sites for hydroxylation is 2. The van der Waals surface area contributed by atoms with Crippen molar-refractivity contribution in [2.75, 3.05) is 12.4 Å². The summed E-state index contributed by atoms with van der Waals surface area (Å²) in [5.41, 5.74) is 0.850. The van der Waals surface area contributed by atoms with Crippen molar-refractivity contribution in [2.45, 2.75) is 40.2 Å². The van der Waals surface area contributed by atoms with Crippen LogP contribution in [0.25, 0.3) is 0 Å². The normalized spacial score (nSPS) is 12.6. The lowest BCUT2D eigenvalue weighted by Gasteiger charge is -2.17. The third-order valence-corrected chi connectivity index (χ3v) is 2.59. The smallest absolute Gasteiger partial charge is 0.242 e. The molecule has 0 bridgehead atoms. The Kier molecular flexibility index (Phi) is 5.22. The second-order valence-electron chi connectivity index (χ2n) is 4.90. The van der Waals surface area contributed by atoms with Crippen LogP contribution in [0, 0.1) is 19.8 Å².